The highest BCUT2D eigenvalue weighted by Crippen LogP contribution is 2.24. The van der Waals surface area contributed by atoms with E-state index < -0.39 is 0 Å². The standard InChI is InChI=1S/C21H37N5.HI/c1-5-6-14-25(4)21(22-2)23-13-10-15-26-17-16-24(3)18-20(26)19-11-8-7-9-12-19;/h7-9,11-12,20H,5-6,10,13-18H2,1-4H3,(H,22,23);1H. The number of aliphatic imine (C=N–C) groups is 1. The molecule has 1 aliphatic rings. The third-order valence-electron chi connectivity index (χ3n) is 5.20. The molecule has 0 radical (unpaired) electrons. The van der Waals surface area contributed by atoms with Gasteiger partial charge in [0.25, 0.3) is 0 Å². The zero-order valence-electron chi connectivity index (χ0n) is 17.5. The van der Waals surface area contributed by atoms with Crippen LogP contribution in [0.2, 0.25) is 0 Å². The number of guanidine groups is 1. The molecule has 0 saturated carbocycles. The van der Waals surface area contributed by atoms with Crippen LogP contribution in [0, 0.1) is 0 Å². The summed E-state index contributed by atoms with van der Waals surface area (Å²) in [5, 5.41) is 3.52. The Bertz CT molecular complexity index is 537. The number of halogens is 1. The molecular weight excluding hydrogens is 449 g/mol. The van der Waals surface area contributed by atoms with Crippen LogP contribution in [0.15, 0.2) is 35.3 Å². The van der Waals surface area contributed by atoms with Gasteiger partial charge in [0.05, 0.1) is 0 Å². The lowest BCUT2D eigenvalue weighted by molar-refractivity contribution is 0.0891. The second-order valence-corrected chi connectivity index (χ2v) is 7.33. The predicted octanol–water partition coefficient (Wildman–Crippen LogP) is 3.29. The molecule has 5 nitrogen and oxygen atoms in total. The van der Waals surface area contributed by atoms with Crippen molar-refractivity contribution in [2.45, 2.75) is 32.2 Å². The van der Waals surface area contributed by atoms with Crippen LogP contribution in [0.3, 0.4) is 0 Å². The molecule has 0 bridgehead atoms. The number of piperazine rings is 1. The summed E-state index contributed by atoms with van der Waals surface area (Å²) < 4.78 is 0. The fourth-order valence-corrected chi connectivity index (χ4v) is 3.58. The van der Waals surface area contributed by atoms with E-state index in [2.05, 4.69) is 76.4 Å². The summed E-state index contributed by atoms with van der Waals surface area (Å²) in [7, 11) is 6.22. The molecular formula is C21H38IN5. The highest BCUT2D eigenvalue weighted by atomic mass is 127. The molecule has 0 spiro atoms. The molecule has 1 aliphatic heterocycles. The van der Waals surface area contributed by atoms with Gasteiger partial charge in [0, 0.05) is 59.4 Å². The highest BCUT2D eigenvalue weighted by molar-refractivity contribution is 14.0. The number of likely N-dealkylation sites (N-methyl/N-ethyl adjacent to an activating group) is 1. The van der Waals surface area contributed by atoms with Crippen molar-refractivity contribution in [1.82, 2.24) is 20.0 Å². The molecule has 6 heteroatoms. The molecule has 1 saturated heterocycles. The Kier molecular flexibility index (Phi) is 11.9. The van der Waals surface area contributed by atoms with E-state index in [1.54, 1.807) is 0 Å². The van der Waals surface area contributed by atoms with E-state index in [9.17, 15) is 0 Å². The Morgan fingerprint density at radius 3 is 2.63 bits per heavy atom. The molecule has 0 aliphatic carbocycles. The lowest BCUT2D eigenvalue weighted by atomic mass is 10.0. The predicted molar refractivity (Wildman–Crippen MR) is 127 cm³/mol. The van der Waals surface area contributed by atoms with E-state index in [0.29, 0.717) is 6.04 Å². The maximum absolute atomic E-state index is 4.41. The highest BCUT2D eigenvalue weighted by Gasteiger charge is 2.25. The van der Waals surface area contributed by atoms with Gasteiger partial charge in [0.1, 0.15) is 0 Å². The first-order chi connectivity index (χ1) is 12.7. The summed E-state index contributed by atoms with van der Waals surface area (Å²) >= 11 is 0. The van der Waals surface area contributed by atoms with Gasteiger partial charge in [-0.15, -0.1) is 24.0 Å². The van der Waals surface area contributed by atoms with Gasteiger partial charge in [-0.25, -0.2) is 0 Å². The first-order valence-electron chi connectivity index (χ1n) is 10.0. The number of nitrogens with zero attached hydrogens (tertiary/aromatic N) is 4. The Balaban J connectivity index is 0.00000364. The zero-order valence-corrected chi connectivity index (χ0v) is 19.9. The minimum atomic E-state index is 0. The van der Waals surface area contributed by atoms with Gasteiger partial charge < -0.3 is 15.1 Å². The molecule has 1 atom stereocenters. The molecule has 154 valence electrons. The van der Waals surface area contributed by atoms with Gasteiger partial charge in [-0.05, 0) is 25.5 Å². The summed E-state index contributed by atoms with van der Waals surface area (Å²) in [5.74, 6) is 1.01. The van der Waals surface area contributed by atoms with Crippen molar-refractivity contribution in [3.05, 3.63) is 35.9 Å². The maximum atomic E-state index is 4.41. The van der Waals surface area contributed by atoms with E-state index in [4.69, 9.17) is 0 Å². The second-order valence-electron chi connectivity index (χ2n) is 7.33. The largest absolute Gasteiger partial charge is 0.356 e. The van der Waals surface area contributed by atoms with Crippen LogP contribution in [-0.4, -0.2) is 81.1 Å². The van der Waals surface area contributed by atoms with Crippen LogP contribution in [0.1, 0.15) is 37.8 Å². The summed E-state index contributed by atoms with van der Waals surface area (Å²) in [6.45, 7) is 8.78. The summed E-state index contributed by atoms with van der Waals surface area (Å²) in [6.07, 6.45) is 3.55. The van der Waals surface area contributed by atoms with Gasteiger partial charge >= 0.3 is 0 Å². The summed E-state index contributed by atoms with van der Waals surface area (Å²) in [6, 6.07) is 11.4. The minimum Gasteiger partial charge on any atom is -0.356 e. The lowest BCUT2D eigenvalue weighted by Crippen LogP contribution is -2.47. The molecule has 1 unspecified atom stereocenters. The van der Waals surface area contributed by atoms with Crippen molar-refractivity contribution >= 4 is 29.9 Å². The molecule has 0 aromatic heterocycles. The summed E-state index contributed by atoms with van der Waals surface area (Å²) in [4.78, 5) is 11.7. The number of nitrogens with one attached hydrogen (secondary N) is 1. The minimum absolute atomic E-state index is 0. The Labute approximate surface area is 183 Å². The average Bonchev–Trinajstić information content (AvgIpc) is 2.67. The Morgan fingerprint density at radius 2 is 1.96 bits per heavy atom. The number of hydrogen-bond donors (Lipinski definition) is 1. The first kappa shape index (κ1) is 24.2. The monoisotopic (exact) mass is 487 g/mol. The second kappa shape index (κ2) is 13.3. The van der Waals surface area contributed by atoms with Crippen molar-refractivity contribution in [3.8, 4) is 0 Å². The average molecular weight is 487 g/mol. The molecule has 2 rings (SSSR count). The third kappa shape index (κ3) is 7.95. The van der Waals surface area contributed by atoms with Crippen molar-refractivity contribution < 1.29 is 0 Å². The van der Waals surface area contributed by atoms with Crippen molar-refractivity contribution in [2.75, 3.05) is 60.4 Å². The van der Waals surface area contributed by atoms with E-state index in [-0.39, 0.29) is 24.0 Å². The lowest BCUT2D eigenvalue weighted by Gasteiger charge is -2.40. The van der Waals surface area contributed by atoms with Crippen LogP contribution in [0.25, 0.3) is 0 Å². The SMILES string of the molecule is CCCCN(C)C(=NC)NCCCN1CCN(C)CC1c1ccccc1.I. The van der Waals surface area contributed by atoms with Crippen LogP contribution < -0.4 is 5.32 Å². The van der Waals surface area contributed by atoms with Gasteiger partial charge in [-0.3, -0.25) is 9.89 Å². The fraction of sp³-hybridized carbons (Fsp3) is 0.667. The number of benzene rings is 1. The maximum Gasteiger partial charge on any atom is 0.193 e. The van der Waals surface area contributed by atoms with Gasteiger partial charge in [-0.1, -0.05) is 43.7 Å². The van der Waals surface area contributed by atoms with E-state index in [0.717, 1.165) is 51.6 Å². The van der Waals surface area contributed by atoms with E-state index in [1.165, 1.54) is 18.4 Å². The molecule has 1 aromatic rings. The van der Waals surface area contributed by atoms with Crippen molar-refractivity contribution in [3.63, 3.8) is 0 Å². The molecule has 1 heterocycles. The number of hydrogen-bond acceptors (Lipinski definition) is 3. The molecule has 0 amide bonds. The van der Waals surface area contributed by atoms with Crippen LogP contribution in [0.4, 0.5) is 0 Å². The fourth-order valence-electron chi connectivity index (χ4n) is 3.58. The molecule has 1 N–H and O–H groups in total. The molecule has 27 heavy (non-hydrogen) atoms. The van der Waals surface area contributed by atoms with Crippen molar-refractivity contribution in [1.29, 1.82) is 0 Å². The number of rotatable bonds is 8. The van der Waals surface area contributed by atoms with Gasteiger partial charge in [-0.2, -0.15) is 0 Å². The van der Waals surface area contributed by atoms with E-state index in [1.807, 2.05) is 7.05 Å². The third-order valence-corrected chi connectivity index (χ3v) is 5.20. The Morgan fingerprint density at radius 1 is 1.22 bits per heavy atom. The smallest absolute Gasteiger partial charge is 0.193 e. The van der Waals surface area contributed by atoms with Crippen LogP contribution in [-0.2, 0) is 0 Å². The topological polar surface area (TPSA) is 34.1 Å². The van der Waals surface area contributed by atoms with Crippen LogP contribution >= 0.6 is 24.0 Å². The Hall–Kier alpha value is -0.860. The normalized spacial score (nSPS) is 18.8. The summed E-state index contributed by atoms with van der Waals surface area (Å²) in [5.41, 5.74) is 1.43. The van der Waals surface area contributed by atoms with Gasteiger partial charge in [0.2, 0.25) is 0 Å². The molecule has 1 fully saturated rings. The zero-order chi connectivity index (χ0) is 18.8. The number of unbranched alkanes of at least 4 members (excludes halogenated alkanes) is 1. The molecule has 1 aromatic carbocycles. The first-order valence-corrected chi connectivity index (χ1v) is 10.0. The van der Waals surface area contributed by atoms with Crippen LogP contribution in [0.5, 0.6) is 0 Å². The van der Waals surface area contributed by atoms with Gasteiger partial charge in [0.15, 0.2) is 5.96 Å². The van der Waals surface area contributed by atoms with E-state index >= 15 is 0 Å². The van der Waals surface area contributed by atoms with Crippen molar-refractivity contribution in [2.24, 2.45) is 4.99 Å². The quantitative estimate of drug-likeness (QED) is 0.264.